The predicted octanol–water partition coefficient (Wildman–Crippen LogP) is 2.62. The van der Waals surface area contributed by atoms with Crippen LogP contribution < -0.4 is 5.32 Å². The lowest BCUT2D eigenvalue weighted by molar-refractivity contribution is -0.148. The molecular formula is C24H26N2O6. The van der Waals surface area contributed by atoms with Crippen molar-refractivity contribution in [1.82, 2.24) is 10.2 Å². The van der Waals surface area contributed by atoms with Crippen LogP contribution in [0.5, 0.6) is 0 Å². The van der Waals surface area contributed by atoms with Crippen molar-refractivity contribution in [2.45, 2.75) is 31.4 Å². The molecule has 2 N–H and O–H groups in total. The summed E-state index contributed by atoms with van der Waals surface area (Å²) < 4.78 is 10.9. The molecule has 8 heteroatoms. The number of nitrogens with zero attached hydrogens (tertiary/aromatic N) is 1. The monoisotopic (exact) mass is 438 g/mol. The Morgan fingerprint density at radius 3 is 2.38 bits per heavy atom. The van der Waals surface area contributed by atoms with Gasteiger partial charge in [0.15, 0.2) is 0 Å². The summed E-state index contributed by atoms with van der Waals surface area (Å²) in [7, 11) is 0. The second-order valence-electron chi connectivity index (χ2n) is 8.07. The average Bonchev–Trinajstić information content (AvgIpc) is 3.10. The molecule has 2 aromatic rings. The van der Waals surface area contributed by atoms with E-state index < -0.39 is 24.2 Å². The van der Waals surface area contributed by atoms with E-state index in [0.717, 1.165) is 22.3 Å². The maximum Gasteiger partial charge on any atom is 0.407 e. The van der Waals surface area contributed by atoms with Gasteiger partial charge in [-0.2, -0.15) is 0 Å². The second-order valence-corrected chi connectivity index (χ2v) is 8.07. The van der Waals surface area contributed by atoms with Crippen LogP contribution in [0.2, 0.25) is 0 Å². The molecule has 0 bridgehead atoms. The van der Waals surface area contributed by atoms with Gasteiger partial charge in [-0.15, -0.1) is 0 Å². The number of alkyl carbamates (subject to hydrolysis) is 1. The minimum Gasteiger partial charge on any atom is -0.481 e. The van der Waals surface area contributed by atoms with E-state index in [1.807, 2.05) is 36.4 Å². The number of aliphatic carboxylic acids is 1. The minimum atomic E-state index is -0.978. The number of carbonyl (C=O) groups is 3. The van der Waals surface area contributed by atoms with Crippen LogP contribution in [0.4, 0.5) is 4.79 Å². The van der Waals surface area contributed by atoms with Gasteiger partial charge in [-0.3, -0.25) is 9.59 Å². The number of morpholine rings is 1. The van der Waals surface area contributed by atoms with E-state index >= 15 is 0 Å². The lowest BCUT2D eigenvalue weighted by Gasteiger charge is -2.33. The van der Waals surface area contributed by atoms with Gasteiger partial charge in [-0.05, 0) is 29.2 Å². The summed E-state index contributed by atoms with van der Waals surface area (Å²) in [4.78, 5) is 37.6. The van der Waals surface area contributed by atoms with Crippen LogP contribution in [0.1, 0.15) is 30.4 Å². The van der Waals surface area contributed by atoms with E-state index in [0.29, 0.717) is 6.54 Å². The second kappa shape index (κ2) is 9.40. The first-order valence-corrected chi connectivity index (χ1v) is 10.7. The first-order chi connectivity index (χ1) is 15.4. The zero-order valence-corrected chi connectivity index (χ0v) is 17.8. The Labute approximate surface area is 186 Å². The third kappa shape index (κ3) is 4.60. The van der Waals surface area contributed by atoms with E-state index in [1.165, 1.54) is 4.90 Å². The molecule has 32 heavy (non-hydrogen) atoms. The Kier molecular flexibility index (Phi) is 6.41. The Morgan fingerprint density at radius 1 is 1.12 bits per heavy atom. The van der Waals surface area contributed by atoms with Gasteiger partial charge in [-0.25, -0.2) is 4.79 Å². The van der Waals surface area contributed by atoms with Gasteiger partial charge in [0.25, 0.3) is 0 Å². The van der Waals surface area contributed by atoms with E-state index in [2.05, 4.69) is 17.4 Å². The van der Waals surface area contributed by atoms with E-state index in [9.17, 15) is 14.4 Å². The Bertz CT molecular complexity index is 978. The van der Waals surface area contributed by atoms with Crippen molar-refractivity contribution in [1.29, 1.82) is 0 Å². The topological polar surface area (TPSA) is 105 Å². The molecule has 2 aromatic carbocycles. The standard InChI is InChI=1S/C24H26N2O6/c1-15(23(29)26-10-11-31-16(13-26)12-22(27)28)25-24(30)32-14-21-19-8-4-2-6-17(19)18-7-3-5-9-20(18)21/h2-9,15-16,21H,10-14H2,1H3,(H,25,30)(H,27,28)/t15-,16?/m0/s1. The van der Waals surface area contributed by atoms with Gasteiger partial charge in [-0.1, -0.05) is 48.5 Å². The molecule has 8 nitrogen and oxygen atoms in total. The summed E-state index contributed by atoms with van der Waals surface area (Å²) in [6.07, 6.45) is -1.38. The third-order valence-corrected chi connectivity index (χ3v) is 5.90. The van der Waals surface area contributed by atoms with Crippen LogP contribution in [-0.4, -0.2) is 66.4 Å². The lowest BCUT2D eigenvalue weighted by Crippen LogP contribution is -2.53. The largest absolute Gasteiger partial charge is 0.481 e. The molecule has 1 fully saturated rings. The third-order valence-electron chi connectivity index (χ3n) is 5.90. The SMILES string of the molecule is C[C@H](NC(=O)OCC1c2ccccc2-c2ccccc21)C(=O)N1CCOC(CC(=O)O)C1. The number of nitrogens with one attached hydrogen (secondary N) is 1. The molecule has 1 aliphatic heterocycles. The number of hydrogen-bond donors (Lipinski definition) is 2. The molecule has 168 valence electrons. The molecule has 1 unspecified atom stereocenters. The molecule has 2 amide bonds. The van der Waals surface area contributed by atoms with Crippen LogP contribution in [0.3, 0.4) is 0 Å². The van der Waals surface area contributed by atoms with Crippen molar-refractivity contribution in [3.05, 3.63) is 59.7 Å². The van der Waals surface area contributed by atoms with Gasteiger partial charge < -0.3 is 24.8 Å². The fourth-order valence-electron chi connectivity index (χ4n) is 4.39. The summed E-state index contributed by atoms with van der Waals surface area (Å²) in [6, 6.07) is 15.3. The van der Waals surface area contributed by atoms with Crippen LogP contribution >= 0.6 is 0 Å². The summed E-state index contributed by atoms with van der Waals surface area (Å²) in [5, 5.41) is 11.5. The number of rotatable bonds is 6. The Morgan fingerprint density at radius 2 is 1.75 bits per heavy atom. The maximum atomic E-state index is 12.7. The van der Waals surface area contributed by atoms with Crippen molar-refractivity contribution in [3.8, 4) is 11.1 Å². The summed E-state index contributed by atoms with van der Waals surface area (Å²) in [6.45, 7) is 2.55. The number of hydrogen-bond acceptors (Lipinski definition) is 5. The van der Waals surface area contributed by atoms with E-state index in [4.69, 9.17) is 14.6 Å². The van der Waals surface area contributed by atoms with Gasteiger partial charge in [0, 0.05) is 19.0 Å². The highest BCUT2D eigenvalue weighted by molar-refractivity contribution is 5.85. The number of benzene rings is 2. The number of carboxylic acids is 1. The highest BCUT2D eigenvalue weighted by Crippen LogP contribution is 2.44. The van der Waals surface area contributed by atoms with Crippen LogP contribution in [0.25, 0.3) is 11.1 Å². The van der Waals surface area contributed by atoms with Crippen LogP contribution in [0.15, 0.2) is 48.5 Å². The zero-order chi connectivity index (χ0) is 22.7. The molecule has 0 spiro atoms. The highest BCUT2D eigenvalue weighted by Gasteiger charge is 2.31. The molecule has 2 atom stereocenters. The van der Waals surface area contributed by atoms with Gasteiger partial charge in [0.2, 0.25) is 5.91 Å². The van der Waals surface area contributed by atoms with Crippen LogP contribution in [-0.2, 0) is 19.1 Å². The van der Waals surface area contributed by atoms with Crippen molar-refractivity contribution in [2.24, 2.45) is 0 Å². The molecule has 0 radical (unpaired) electrons. The molecule has 1 saturated heterocycles. The van der Waals surface area contributed by atoms with Crippen molar-refractivity contribution < 1.29 is 29.0 Å². The molecule has 1 heterocycles. The van der Waals surface area contributed by atoms with Crippen molar-refractivity contribution >= 4 is 18.0 Å². The normalized spacial score (nSPS) is 18.4. The van der Waals surface area contributed by atoms with E-state index in [1.54, 1.807) is 6.92 Å². The average molecular weight is 438 g/mol. The fraction of sp³-hybridized carbons (Fsp3) is 0.375. The van der Waals surface area contributed by atoms with Gasteiger partial charge in [0.1, 0.15) is 12.6 Å². The quantitative estimate of drug-likeness (QED) is 0.718. The van der Waals surface area contributed by atoms with Gasteiger partial charge in [0.05, 0.1) is 19.1 Å². The lowest BCUT2D eigenvalue weighted by atomic mass is 9.98. The predicted molar refractivity (Wildman–Crippen MR) is 116 cm³/mol. The minimum absolute atomic E-state index is 0.0600. The first kappa shape index (κ1) is 21.8. The fourth-order valence-corrected chi connectivity index (χ4v) is 4.39. The summed E-state index contributed by atoms with van der Waals surface area (Å²) in [5.41, 5.74) is 4.51. The smallest absolute Gasteiger partial charge is 0.407 e. The van der Waals surface area contributed by atoms with Crippen molar-refractivity contribution in [3.63, 3.8) is 0 Å². The first-order valence-electron chi connectivity index (χ1n) is 10.7. The molecule has 2 aliphatic rings. The molecule has 4 rings (SSSR count). The number of carboxylic acid groups (broad SMARTS) is 1. The Hall–Kier alpha value is -3.39. The zero-order valence-electron chi connectivity index (χ0n) is 17.8. The summed E-state index contributed by atoms with van der Waals surface area (Å²) >= 11 is 0. The molecular weight excluding hydrogens is 412 g/mol. The van der Waals surface area contributed by atoms with Crippen LogP contribution in [0, 0.1) is 0 Å². The summed E-state index contributed by atoms with van der Waals surface area (Å²) in [5.74, 6) is -1.33. The Balaban J connectivity index is 1.33. The van der Waals surface area contributed by atoms with E-state index in [-0.39, 0.29) is 38.0 Å². The highest BCUT2D eigenvalue weighted by atomic mass is 16.5. The molecule has 1 aliphatic carbocycles. The number of carbonyl (C=O) groups excluding carboxylic acids is 2. The maximum absolute atomic E-state index is 12.7. The molecule has 0 aromatic heterocycles. The molecule has 0 saturated carbocycles. The number of fused-ring (bicyclic) bond motifs is 3. The number of ether oxygens (including phenoxy) is 2. The number of amides is 2. The van der Waals surface area contributed by atoms with Crippen molar-refractivity contribution in [2.75, 3.05) is 26.3 Å². The van der Waals surface area contributed by atoms with Gasteiger partial charge >= 0.3 is 12.1 Å².